The highest BCUT2D eigenvalue weighted by molar-refractivity contribution is 6.31. The molecule has 1 saturated heterocycles. The number of rotatable bonds is 4. The number of benzene rings is 1. The average molecular weight is 295 g/mol. The molecule has 1 fully saturated rings. The van der Waals surface area contributed by atoms with Crippen LogP contribution < -0.4 is 0 Å². The van der Waals surface area contributed by atoms with Gasteiger partial charge in [-0.05, 0) is 18.1 Å². The number of carbonyl (C=O) groups excluding carboxylic acids is 2. The summed E-state index contributed by atoms with van der Waals surface area (Å²) in [7, 11) is 3.47. The molecule has 108 valence electrons. The topological polar surface area (TPSA) is 40.6 Å². The van der Waals surface area contributed by atoms with E-state index in [2.05, 4.69) is 0 Å². The highest BCUT2D eigenvalue weighted by Gasteiger charge is 2.32. The molecule has 0 spiro atoms. The lowest BCUT2D eigenvalue weighted by Gasteiger charge is -2.26. The van der Waals surface area contributed by atoms with E-state index < -0.39 is 0 Å². The molecule has 1 atom stereocenters. The fourth-order valence-electron chi connectivity index (χ4n) is 2.42. The molecule has 0 radical (unpaired) electrons. The Bertz CT molecular complexity index is 516. The van der Waals surface area contributed by atoms with Crippen molar-refractivity contribution in [1.29, 1.82) is 0 Å². The molecular weight excluding hydrogens is 276 g/mol. The second-order valence-electron chi connectivity index (χ2n) is 5.30. The van der Waals surface area contributed by atoms with Gasteiger partial charge in [0.05, 0.1) is 0 Å². The zero-order chi connectivity index (χ0) is 14.7. The van der Waals surface area contributed by atoms with Crippen molar-refractivity contribution in [3.63, 3.8) is 0 Å². The van der Waals surface area contributed by atoms with Crippen LogP contribution >= 0.6 is 11.6 Å². The van der Waals surface area contributed by atoms with Crippen molar-refractivity contribution in [2.24, 2.45) is 0 Å². The van der Waals surface area contributed by atoms with Crippen LogP contribution in [0.2, 0.25) is 5.02 Å². The van der Waals surface area contributed by atoms with Crippen molar-refractivity contribution in [3.8, 4) is 0 Å². The van der Waals surface area contributed by atoms with Crippen molar-refractivity contribution < 1.29 is 9.59 Å². The average Bonchev–Trinajstić information content (AvgIpc) is 2.74. The van der Waals surface area contributed by atoms with Crippen molar-refractivity contribution in [3.05, 3.63) is 34.9 Å². The van der Waals surface area contributed by atoms with Crippen LogP contribution in [0.15, 0.2) is 24.3 Å². The molecule has 1 unspecified atom stereocenters. The molecule has 0 aromatic heterocycles. The molecule has 20 heavy (non-hydrogen) atoms. The van der Waals surface area contributed by atoms with E-state index in [0.717, 1.165) is 12.0 Å². The van der Waals surface area contributed by atoms with Gasteiger partial charge in [-0.3, -0.25) is 9.59 Å². The van der Waals surface area contributed by atoms with Crippen molar-refractivity contribution in [1.82, 2.24) is 9.80 Å². The van der Waals surface area contributed by atoms with Crippen LogP contribution in [0.5, 0.6) is 0 Å². The number of hydrogen-bond acceptors (Lipinski definition) is 2. The summed E-state index contributed by atoms with van der Waals surface area (Å²) in [6.45, 7) is 0.476. The number of halogens is 1. The predicted molar refractivity (Wildman–Crippen MR) is 78.3 cm³/mol. The van der Waals surface area contributed by atoms with Gasteiger partial charge in [0.1, 0.15) is 0 Å². The minimum Gasteiger partial charge on any atom is -0.349 e. The summed E-state index contributed by atoms with van der Waals surface area (Å²) in [6.07, 6.45) is 1.63. The van der Waals surface area contributed by atoms with Crippen LogP contribution in [0.4, 0.5) is 0 Å². The number of hydrogen-bond donors (Lipinski definition) is 0. The smallest absolute Gasteiger partial charge is 0.224 e. The van der Waals surface area contributed by atoms with Crippen LogP contribution in [0.25, 0.3) is 0 Å². The van der Waals surface area contributed by atoms with Gasteiger partial charge in [-0.15, -0.1) is 0 Å². The van der Waals surface area contributed by atoms with E-state index >= 15 is 0 Å². The van der Waals surface area contributed by atoms with Crippen molar-refractivity contribution >= 4 is 23.4 Å². The van der Waals surface area contributed by atoms with E-state index in [4.69, 9.17) is 11.6 Å². The zero-order valence-electron chi connectivity index (χ0n) is 11.8. The predicted octanol–water partition coefficient (Wildman–Crippen LogP) is 2.31. The Morgan fingerprint density at radius 3 is 2.75 bits per heavy atom. The summed E-state index contributed by atoms with van der Waals surface area (Å²) in [5.74, 6) is 0.148. The molecule has 4 nitrogen and oxygen atoms in total. The summed E-state index contributed by atoms with van der Waals surface area (Å²) < 4.78 is 0. The first-order valence-electron chi connectivity index (χ1n) is 6.72. The first-order valence-corrected chi connectivity index (χ1v) is 7.10. The Morgan fingerprint density at radius 2 is 2.10 bits per heavy atom. The lowest BCUT2D eigenvalue weighted by Crippen LogP contribution is -2.36. The molecule has 1 aliphatic rings. The van der Waals surface area contributed by atoms with Crippen molar-refractivity contribution in [2.45, 2.75) is 31.8 Å². The molecule has 0 bridgehead atoms. The Hall–Kier alpha value is -1.55. The molecule has 0 aliphatic carbocycles. The van der Waals surface area contributed by atoms with Crippen LogP contribution in [0.1, 0.15) is 24.8 Å². The van der Waals surface area contributed by atoms with E-state index in [9.17, 15) is 9.59 Å². The normalized spacial score (nSPS) is 18.4. The van der Waals surface area contributed by atoms with E-state index in [1.54, 1.807) is 23.9 Å². The van der Waals surface area contributed by atoms with Crippen LogP contribution in [-0.2, 0) is 16.1 Å². The van der Waals surface area contributed by atoms with Crippen LogP contribution in [0.3, 0.4) is 0 Å². The first-order chi connectivity index (χ1) is 9.49. The molecule has 5 heteroatoms. The molecular formula is C15H19ClN2O2. The van der Waals surface area contributed by atoms with Crippen molar-refractivity contribution in [2.75, 3.05) is 14.1 Å². The first kappa shape index (κ1) is 14.9. The van der Waals surface area contributed by atoms with Gasteiger partial charge in [0.15, 0.2) is 0 Å². The van der Waals surface area contributed by atoms with E-state index in [1.165, 1.54) is 0 Å². The highest BCUT2D eigenvalue weighted by Crippen LogP contribution is 2.26. The Labute approximate surface area is 124 Å². The lowest BCUT2D eigenvalue weighted by atomic mass is 10.1. The van der Waals surface area contributed by atoms with Gasteiger partial charge in [-0.25, -0.2) is 0 Å². The van der Waals surface area contributed by atoms with E-state index in [0.29, 0.717) is 24.4 Å². The zero-order valence-corrected chi connectivity index (χ0v) is 12.6. The maximum absolute atomic E-state index is 12.0. The Kier molecular flexibility index (Phi) is 4.65. The van der Waals surface area contributed by atoms with Crippen LogP contribution in [-0.4, -0.2) is 41.8 Å². The minimum absolute atomic E-state index is 0.0197. The number of carbonyl (C=O) groups is 2. The number of nitrogens with zero attached hydrogens (tertiary/aromatic N) is 2. The molecule has 1 aromatic rings. The molecule has 1 aromatic carbocycles. The van der Waals surface area contributed by atoms with Gasteiger partial charge in [0.25, 0.3) is 0 Å². The van der Waals surface area contributed by atoms with Gasteiger partial charge >= 0.3 is 0 Å². The standard InChI is InChI=1S/C15H19ClN2O2/c1-17(2)15(20)9-12-7-8-14(19)18(12)10-11-5-3-4-6-13(11)16/h3-6,12H,7-10H2,1-2H3. The van der Waals surface area contributed by atoms with Gasteiger partial charge < -0.3 is 9.80 Å². The molecule has 0 saturated carbocycles. The third kappa shape index (κ3) is 3.31. The van der Waals surface area contributed by atoms with E-state index in [1.807, 2.05) is 24.3 Å². The minimum atomic E-state index is -0.0197. The molecule has 2 amide bonds. The third-order valence-electron chi connectivity index (χ3n) is 3.66. The summed E-state index contributed by atoms with van der Waals surface area (Å²) >= 11 is 6.14. The molecule has 1 heterocycles. The summed E-state index contributed by atoms with van der Waals surface area (Å²) in [4.78, 5) is 27.2. The Balaban J connectivity index is 2.09. The van der Waals surface area contributed by atoms with Gasteiger partial charge in [0.2, 0.25) is 11.8 Å². The summed E-state index contributed by atoms with van der Waals surface area (Å²) in [5.41, 5.74) is 0.923. The molecule has 2 rings (SSSR count). The Morgan fingerprint density at radius 1 is 1.40 bits per heavy atom. The quantitative estimate of drug-likeness (QED) is 0.855. The van der Waals surface area contributed by atoms with Gasteiger partial charge in [0, 0.05) is 44.5 Å². The lowest BCUT2D eigenvalue weighted by molar-refractivity contribution is -0.132. The van der Waals surface area contributed by atoms with Gasteiger partial charge in [-0.1, -0.05) is 29.8 Å². The van der Waals surface area contributed by atoms with Crippen LogP contribution in [0, 0.1) is 0 Å². The third-order valence-corrected chi connectivity index (χ3v) is 4.03. The number of likely N-dealkylation sites (tertiary alicyclic amines) is 1. The second kappa shape index (κ2) is 6.27. The summed E-state index contributed by atoms with van der Waals surface area (Å²) in [5, 5.41) is 0.657. The maximum atomic E-state index is 12.0. The largest absolute Gasteiger partial charge is 0.349 e. The van der Waals surface area contributed by atoms with Gasteiger partial charge in [-0.2, -0.15) is 0 Å². The fraction of sp³-hybridized carbons (Fsp3) is 0.467. The SMILES string of the molecule is CN(C)C(=O)CC1CCC(=O)N1Cc1ccccc1Cl. The fourth-order valence-corrected chi connectivity index (χ4v) is 2.61. The molecule has 1 aliphatic heterocycles. The maximum Gasteiger partial charge on any atom is 0.224 e. The molecule has 0 N–H and O–H groups in total. The monoisotopic (exact) mass is 294 g/mol. The highest BCUT2D eigenvalue weighted by atomic mass is 35.5. The summed E-state index contributed by atoms with van der Waals surface area (Å²) in [6, 6.07) is 7.48. The van der Waals surface area contributed by atoms with E-state index in [-0.39, 0.29) is 17.9 Å². The second-order valence-corrected chi connectivity index (χ2v) is 5.71. The number of amides is 2.